The zero-order valence-electron chi connectivity index (χ0n) is 7.93. The number of rotatable bonds is 4. The Bertz CT molecular complexity index is 230. The molecule has 0 bridgehead atoms. The molecular formula is C11H17N. The summed E-state index contributed by atoms with van der Waals surface area (Å²) in [6.45, 7) is 5.43. The average Bonchev–Trinajstić information content (AvgIpc) is 2.09. The smallest absolute Gasteiger partial charge is 0.0369 e. The lowest BCUT2D eigenvalue weighted by Crippen LogP contribution is -2.01. The maximum atomic E-state index is 3.41. The van der Waals surface area contributed by atoms with Gasteiger partial charge in [-0.25, -0.2) is 0 Å². The van der Waals surface area contributed by atoms with Gasteiger partial charge in [-0.05, 0) is 25.0 Å². The van der Waals surface area contributed by atoms with Crippen LogP contribution in [-0.2, 0) is 0 Å². The first kappa shape index (κ1) is 9.11. The van der Waals surface area contributed by atoms with Crippen LogP contribution in [0.3, 0.4) is 0 Å². The molecule has 0 amide bonds. The molecule has 1 N–H and O–H groups in total. The Balaban J connectivity index is 2.46. The van der Waals surface area contributed by atoms with E-state index >= 15 is 0 Å². The monoisotopic (exact) mass is 163 g/mol. The molecule has 1 rings (SSSR count). The molecule has 0 radical (unpaired) electrons. The van der Waals surface area contributed by atoms with Crippen LogP contribution in [0.25, 0.3) is 0 Å². The predicted molar refractivity (Wildman–Crippen MR) is 54.6 cm³/mol. The molecule has 66 valence electrons. The summed E-state index contributed by atoms with van der Waals surface area (Å²) < 4.78 is 0. The number of nitrogens with one attached hydrogen (secondary N) is 1. The van der Waals surface area contributed by atoms with Crippen LogP contribution in [0.15, 0.2) is 24.3 Å². The van der Waals surface area contributed by atoms with E-state index in [1.165, 1.54) is 24.1 Å². The number of benzene rings is 1. The highest BCUT2D eigenvalue weighted by Gasteiger charge is 1.93. The molecule has 12 heavy (non-hydrogen) atoms. The Kier molecular flexibility index (Phi) is 3.65. The minimum absolute atomic E-state index is 1.08. The van der Waals surface area contributed by atoms with Gasteiger partial charge in [0.25, 0.3) is 0 Å². The molecule has 0 aromatic heterocycles. The van der Waals surface area contributed by atoms with Gasteiger partial charge in [-0.2, -0.15) is 0 Å². The zero-order chi connectivity index (χ0) is 8.81. The second-order valence-electron chi connectivity index (χ2n) is 3.10. The van der Waals surface area contributed by atoms with E-state index < -0.39 is 0 Å². The summed E-state index contributed by atoms with van der Waals surface area (Å²) in [7, 11) is 0. The first-order chi connectivity index (χ1) is 5.84. The van der Waals surface area contributed by atoms with E-state index in [2.05, 4.69) is 43.4 Å². The van der Waals surface area contributed by atoms with Crippen molar-refractivity contribution in [1.29, 1.82) is 0 Å². The highest BCUT2D eigenvalue weighted by molar-refractivity contribution is 5.49. The van der Waals surface area contributed by atoms with E-state index in [9.17, 15) is 0 Å². The number of para-hydroxylation sites is 1. The van der Waals surface area contributed by atoms with Crippen molar-refractivity contribution in [2.24, 2.45) is 0 Å². The third-order valence-corrected chi connectivity index (χ3v) is 1.99. The van der Waals surface area contributed by atoms with Gasteiger partial charge in [0, 0.05) is 12.2 Å². The van der Waals surface area contributed by atoms with Crippen molar-refractivity contribution < 1.29 is 0 Å². The van der Waals surface area contributed by atoms with Crippen LogP contribution in [0, 0.1) is 6.92 Å². The summed E-state index contributed by atoms with van der Waals surface area (Å²) in [5, 5.41) is 3.41. The van der Waals surface area contributed by atoms with Gasteiger partial charge in [0.15, 0.2) is 0 Å². The van der Waals surface area contributed by atoms with Crippen molar-refractivity contribution in [3.8, 4) is 0 Å². The minimum Gasteiger partial charge on any atom is -0.385 e. The first-order valence-electron chi connectivity index (χ1n) is 4.64. The highest BCUT2D eigenvalue weighted by atomic mass is 14.9. The maximum absolute atomic E-state index is 3.41. The molecule has 0 aliphatic rings. The number of anilines is 1. The third kappa shape index (κ3) is 2.57. The Morgan fingerprint density at radius 1 is 1.25 bits per heavy atom. The number of hydrogen-bond acceptors (Lipinski definition) is 1. The Morgan fingerprint density at radius 2 is 2.00 bits per heavy atom. The van der Waals surface area contributed by atoms with Gasteiger partial charge in [0.1, 0.15) is 0 Å². The largest absolute Gasteiger partial charge is 0.385 e. The lowest BCUT2D eigenvalue weighted by molar-refractivity contribution is 0.833. The number of unbranched alkanes of at least 4 members (excludes halogenated alkanes) is 1. The van der Waals surface area contributed by atoms with E-state index in [1.807, 2.05) is 0 Å². The van der Waals surface area contributed by atoms with Crippen molar-refractivity contribution >= 4 is 5.69 Å². The Labute approximate surface area is 74.8 Å². The number of aryl methyl sites for hydroxylation is 1. The topological polar surface area (TPSA) is 12.0 Å². The fourth-order valence-electron chi connectivity index (χ4n) is 1.17. The van der Waals surface area contributed by atoms with E-state index in [1.54, 1.807) is 0 Å². The summed E-state index contributed by atoms with van der Waals surface area (Å²) in [5.74, 6) is 0. The Hall–Kier alpha value is -0.980. The fourth-order valence-corrected chi connectivity index (χ4v) is 1.17. The molecule has 1 aromatic rings. The molecule has 0 atom stereocenters. The van der Waals surface area contributed by atoms with E-state index in [4.69, 9.17) is 0 Å². The van der Waals surface area contributed by atoms with Crippen LogP contribution in [0.5, 0.6) is 0 Å². The molecule has 0 spiro atoms. The van der Waals surface area contributed by atoms with Crippen molar-refractivity contribution in [2.75, 3.05) is 11.9 Å². The van der Waals surface area contributed by atoms with Crippen molar-refractivity contribution in [2.45, 2.75) is 26.7 Å². The van der Waals surface area contributed by atoms with Gasteiger partial charge in [0.05, 0.1) is 0 Å². The summed E-state index contributed by atoms with van der Waals surface area (Å²) in [6, 6.07) is 8.40. The molecule has 0 fully saturated rings. The summed E-state index contributed by atoms with van der Waals surface area (Å²) in [5.41, 5.74) is 2.60. The summed E-state index contributed by atoms with van der Waals surface area (Å²) in [4.78, 5) is 0. The molecule has 1 aromatic carbocycles. The second-order valence-corrected chi connectivity index (χ2v) is 3.10. The van der Waals surface area contributed by atoms with Crippen molar-refractivity contribution in [1.82, 2.24) is 0 Å². The van der Waals surface area contributed by atoms with E-state index in [0.29, 0.717) is 0 Å². The molecule has 0 saturated carbocycles. The lowest BCUT2D eigenvalue weighted by atomic mass is 10.2. The van der Waals surface area contributed by atoms with E-state index in [0.717, 1.165) is 6.54 Å². The third-order valence-electron chi connectivity index (χ3n) is 1.99. The van der Waals surface area contributed by atoms with Crippen LogP contribution in [0.2, 0.25) is 0 Å². The van der Waals surface area contributed by atoms with Crippen LogP contribution >= 0.6 is 0 Å². The minimum atomic E-state index is 1.08. The second kappa shape index (κ2) is 4.81. The normalized spacial score (nSPS) is 9.83. The van der Waals surface area contributed by atoms with Gasteiger partial charge in [-0.15, -0.1) is 0 Å². The lowest BCUT2D eigenvalue weighted by Gasteiger charge is -2.07. The van der Waals surface area contributed by atoms with Crippen LogP contribution in [0.1, 0.15) is 25.3 Å². The molecule has 1 nitrogen and oxygen atoms in total. The molecule has 1 heteroatoms. The quantitative estimate of drug-likeness (QED) is 0.672. The molecule has 0 saturated heterocycles. The molecule has 0 heterocycles. The zero-order valence-corrected chi connectivity index (χ0v) is 7.93. The van der Waals surface area contributed by atoms with Crippen LogP contribution in [0.4, 0.5) is 5.69 Å². The predicted octanol–water partition coefficient (Wildman–Crippen LogP) is 3.21. The molecule has 0 aliphatic carbocycles. The van der Waals surface area contributed by atoms with E-state index in [-0.39, 0.29) is 0 Å². The van der Waals surface area contributed by atoms with Crippen LogP contribution in [-0.4, -0.2) is 6.54 Å². The average molecular weight is 163 g/mol. The fraction of sp³-hybridized carbons (Fsp3) is 0.455. The van der Waals surface area contributed by atoms with Gasteiger partial charge >= 0.3 is 0 Å². The standard InChI is InChI=1S/C11H17N/c1-3-4-9-12-11-8-6-5-7-10(11)2/h5-8,12H,3-4,9H2,1-2H3. The summed E-state index contributed by atoms with van der Waals surface area (Å²) in [6.07, 6.45) is 2.49. The van der Waals surface area contributed by atoms with Gasteiger partial charge in [0.2, 0.25) is 0 Å². The van der Waals surface area contributed by atoms with Crippen LogP contribution < -0.4 is 5.32 Å². The first-order valence-corrected chi connectivity index (χ1v) is 4.64. The molecule has 0 aliphatic heterocycles. The van der Waals surface area contributed by atoms with Crippen molar-refractivity contribution in [3.63, 3.8) is 0 Å². The Morgan fingerprint density at radius 3 is 2.67 bits per heavy atom. The van der Waals surface area contributed by atoms with Gasteiger partial charge < -0.3 is 5.32 Å². The SMILES string of the molecule is CCCCNc1ccccc1C. The summed E-state index contributed by atoms with van der Waals surface area (Å²) >= 11 is 0. The molecular weight excluding hydrogens is 146 g/mol. The van der Waals surface area contributed by atoms with Gasteiger partial charge in [-0.1, -0.05) is 31.5 Å². The highest BCUT2D eigenvalue weighted by Crippen LogP contribution is 2.12. The van der Waals surface area contributed by atoms with Crippen molar-refractivity contribution in [3.05, 3.63) is 29.8 Å². The molecule has 0 unspecified atom stereocenters. The maximum Gasteiger partial charge on any atom is 0.0369 e. The van der Waals surface area contributed by atoms with Gasteiger partial charge in [-0.3, -0.25) is 0 Å². The number of hydrogen-bond donors (Lipinski definition) is 1.